The molecule has 2 aromatic rings. The van der Waals surface area contributed by atoms with Crippen LogP contribution in [0, 0.1) is 17.0 Å². The summed E-state index contributed by atoms with van der Waals surface area (Å²) in [5.74, 6) is -0.271. The number of nitro groups is 1. The van der Waals surface area contributed by atoms with Gasteiger partial charge in [-0.2, -0.15) is 0 Å². The van der Waals surface area contributed by atoms with Crippen molar-refractivity contribution in [2.45, 2.75) is 13.8 Å². The highest BCUT2D eigenvalue weighted by Gasteiger charge is 2.19. The number of nitrogens with zero attached hydrogens (tertiary/aromatic N) is 3. The van der Waals surface area contributed by atoms with Crippen molar-refractivity contribution in [3.05, 3.63) is 45.6 Å². The molecule has 8 nitrogen and oxygen atoms in total. The van der Waals surface area contributed by atoms with Gasteiger partial charge in [-0.25, -0.2) is 9.97 Å². The van der Waals surface area contributed by atoms with Crippen molar-refractivity contribution in [1.82, 2.24) is 15.3 Å². The lowest BCUT2D eigenvalue weighted by atomic mass is 10.0. The van der Waals surface area contributed by atoms with E-state index in [1.54, 1.807) is 13.8 Å². The molecule has 1 amide bonds. The molecule has 0 radical (unpaired) electrons. The summed E-state index contributed by atoms with van der Waals surface area (Å²) in [7, 11) is 0. The number of anilines is 1. The van der Waals surface area contributed by atoms with Crippen LogP contribution in [0.3, 0.4) is 0 Å². The average molecular weight is 301 g/mol. The number of aromatic nitrogens is 2. The van der Waals surface area contributed by atoms with Crippen LogP contribution < -0.4 is 11.1 Å². The van der Waals surface area contributed by atoms with Crippen molar-refractivity contribution in [1.29, 1.82) is 0 Å². The molecule has 0 atom stereocenters. The molecule has 8 heteroatoms. The minimum absolute atomic E-state index is 0.0398. The number of aryl methyl sites for hydroxylation is 1. The largest absolute Gasteiger partial charge is 0.368 e. The summed E-state index contributed by atoms with van der Waals surface area (Å²) >= 11 is 0. The third kappa shape index (κ3) is 3.00. The lowest BCUT2D eigenvalue weighted by molar-refractivity contribution is -0.384. The van der Waals surface area contributed by atoms with Crippen molar-refractivity contribution in [3.8, 4) is 11.3 Å². The Morgan fingerprint density at radius 2 is 1.95 bits per heavy atom. The Kier molecular flexibility index (Phi) is 4.31. The van der Waals surface area contributed by atoms with E-state index in [0.29, 0.717) is 29.1 Å². The summed E-state index contributed by atoms with van der Waals surface area (Å²) in [5, 5.41) is 13.4. The number of nitro benzene ring substituents is 1. The fourth-order valence-electron chi connectivity index (χ4n) is 2.07. The second-order valence-corrected chi connectivity index (χ2v) is 4.55. The van der Waals surface area contributed by atoms with Gasteiger partial charge in [0.15, 0.2) is 0 Å². The molecule has 22 heavy (non-hydrogen) atoms. The minimum Gasteiger partial charge on any atom is -0.368 e. The highest BCUT2D eigenvalue weighted by molar-refractivity contribution is 6.01. The highest BCUT2D eigenvalue weighted by atomic mass is 16.6. The summed E-state index contributed by atoms with van der Waals surface area (Å²) in [6.07, 6.45) is 0. The number of carbonyl (C=O) groups is 1. The van der Waals surface area contributed by atoms with Gasteiger partial charge in [0.2, 0.25) is 5.95 Å². The summed E-state index contributed by atoms with van der Waals surface area (Å²) < 4.78 is 0. The number of non-ortho nitro benzene ring substituents is 1. The normalized spacial score (nSPS) is 10.3. The lowest BCUT2D eigenvalue weighted by Gasteiger charge is -2.11. The molecule has 3 N–H and O–H groups in total. The zero-order chi connectivity index (χ0) is 16.3. The van der Waals surface area contributed by atoms with Gasteiger partial charge in [0.1, 0.15) is 0 Å². The predicted molar refractivity (Wildman–Crippen MR) is 81.3 cm³/mol. The molecule has 1 aromatic carbocycles. The van der Waals surface area contributed by atoms with Crippen LogP contribution in [0.4, 0.5) is 11.6 Å². The van der Waals surface area contributed by atoms with Crippen LogP contribution in [-0.4, -0.2) is 27.3 Å². The fourth-order valence-corrected chi connectivity index (χ4v) is 2.07. The van der Waals surface area contributed by atoms with E-state index in [0.717, 1.165) is 0 Å². The SMILES string of the molecule is CCNC(=O)c1c(C)nc(N)nc1-c1ccc([N+](=O)[O-])cc1. The van der Waals surface area contributed by atoms with E-state index in [-0.39, 0.29) is 17.5 Å². The smallest absolute Gasteiger partial charge is 0.269 e. The molecule has 0 spiro atoms. The summed E-state index contributed by atoms with van der Waals surface area (Å²) in [4.78, 5) is 30.6. The first-order valence-corrected chi connectivity index (χ1v) is 6.61. The maximum atomic E-state index is 12.2. The Labute approximate surface area is 126 Å². The molecule has 0 bridgehead atoms. The Balaban J connectivity index is 2.58. The van der Waals surface area contributed by atoms with Gasteiger partial charge in [0.05, 0.1) is 21.9 Å². The number of nitrogens with two attached hydrogens (primary N) is 1. The number of benzene rings is 1. The maximum absolute atomic E-state index is 12.2. The van der Waals surface area contributed by atoms with Gasteiger partial charge in [0, 0.05) is 24.2 Å². The molecule has 0 unspecified atom stereocenters. The fraction of sp³-hybridized carbons (Fsp3) is 0.214. The summed E-state index contributed by atoms with van der Waals surface area (Å²) in [6.45, 7) is 3.93. The Hall–Kier alpha value is -3.03. The number of nitrogen functional groups attached to an aromatic ring is 1. The van der Waals surface area contributed by atoms with Gasteiger partial charge >= 0.3 is 0 Å². The van der Waals surface area contributed by atoms with E-state index >= 15 is 0 Å². The number of hydrogen-bond donors (Lipinski definition) is 2. The molecule has 0 saturated carbocycles. The van der Waals surface area contributed by atoms with Crippen LogP contribution >= 0.6 is 0 Å². The van der Waals surface area contributed by atoms with Gasteiger partial charge in [-0.15, -0.1) is 0 Å². The van der Waals surface area contributed by atoms with Gasteiger partial charge in [-0.05, 0) is 26.0 Å². The van der Waals surface area contributed by atoms with Crippen molar-refractivity contribution >= 4 is 17.5 Å². The first kappa shape index (κ1) is 15.4. The molecule has 1 heterocycles. The van der Waals surface area contributed by atoms with Crippen LogP contribution in [0.25, 0.3) is 11.3 Å². The molecular weight excluding hydrogens is 286 g/mol. The van der Waals surface area contributed by atoms with Gasteiger partial charge in [-0.3, -0.25) is 14.9 Å². The predicted octanol–water partition coefficient (Wildman–Crippen LogP) is 1.69. The standard InChI is InChI=1S/C14H15N5O3/c1-3-16-13(20)11-8(2)17-14(15)18-12(11)9-4-6-10(7-5-9)19(21)22/h4-7H,3H2,1-2H3,(H,16,20)(H2,15,17,18). The molecular formula is C14H15N5O3. The van der Waals surface area contributed by atoms with Crippen molar-refractivity contribution < 1.29 is 9.72 Å². The van der Waals surface area contributed by atoms with E-state index in [1.165, 1.54) is 24.3 Å². The molecule has 1 aromatic heterocycles. The second kappa shape index (κ2) is 6.17. The first-order valence-electron chi connectivity index (χ1n) is 6.61. The van der Waals surface area contributed by atoms with Crippen molar-refractivity contribution in [2.75, 3.05) is 12.3 Å². The number of amides is 1. The Morgan fingerprint density at radius 3 is 2.50 bits per heavy atom. The number of nitrogens with one attached hydrogen (secondary N) is 1. The first-order chi connectivity index (χ1) is 10.4. The van der Waals surface area contributed by atoms with E-state index in [2.05, 4.69) is 15.3 Å². The zero-order valence-corrected chi connectivity index (χ0v) is 12.2. The number of rotatable bonds is 4. The van der Waals surface area contributed by atoms with Crippen LogP contribution in [-0.2, 0) is 0 Å². The third-order valence-electron chi connectivity index (χ3n) is 3.02. The average Bonchev–Trinajstić information content (AvgIpc) is 2.46. The van der Waals surface area contributed by atoms with Crippen LogP contribution in [0.1, 0.15) is 23.0 Å². The zero-order valence-electron chi connectivity index (χ0n) is 12.2. The van der Waals surface area contributed by atoms with Gasteiger partial charge < -0.3 is 11.1 Å². The summed E-state index contributed by atoms with van der Waals surface area (Å²) in [6, 6.07) is 5.76. The van der Waals surface area contributed by atoms with Gasteiger partial charge in [-0.1, -0.05) is 0 Å². The van der Waals surface area contributed by atoms with E-state index < -0.39 is 4.92 Å². The van der Waals surface area contributed by atoms with Crippen molar-refractivity contribution in [3.63, 3.8) is 0 Å². The molecule has 0 aliphatic rings. The number of hydrogen-bond acceptors (Lipinski definition) is 6. The Bertz CT molecular complexity index is 728. The molecule has 0 saturated heterocycles. The van der Waals surface area contributed by atoms with Crippen molar-refractivity contribution in [2.24, 2.45) is 0 Å². The summed E-state index contributed by atoms with van der Waals surface area (Å²) in [5.41, 5.74) is 7.29. The molecule has 0 aliphatic heterocycles. The van der Waals surface area contributed by atoms with Crippen LogP contribution in [0.15, 0.2) is 24.3 Å². The molecule has 2 rings (SSSR count). The minimum atomic E-state index is -0.492. The van der Waals surface area contributed by atoms with Crippen LogP contribution in [0.2, 0.25) is 0 Å². The highest BCUT2D eigenvalue weighted by Crippen LogP contribution is 2.26. The van der Waals surface area contributed by atoms with Crippen LogP contribution in [0.5, 0.6) is 0 Å². The topological polar surface area (TPSA) is 124 Å². The Morgan fingerprint density at radius 1 is 1.32 bits per heavy atom. The molecule has 114 valence electrons. The van der Waals surface area contributed by atoms with E-state index in [9.17, 15) is 14.9 Å². The monoisotopic (exact) mass is 301 g/mol. The second-order valence-electron chi connectivity index (χ2n) is 4.55. The molecule has 0 fully saturated rings. The van der Waals surface area contributed by atoms with E-state index in [1.807, 2.05) is 0 Å². The van der Waals surface area contributed by atoms with Gasteiger partial charge in [0.25, 0.3) is 11.6 Å². The lowest BCUT2D eigenvalue weighted by Crippen LogP contribution is -2.25. The third-order valence-corrected chi connectivity index (χ3v) is 3.02. The quantitative estimate of drug-likeness (QED) is 0.654. The number of carbonyl (C=O) groups excluding carboxylic acids is 1. The molecule has 0 aliphatic carbocycles. The van der Waals surface area contributed by atoms with E-state index in [4.69, 9.17) is 5.73 Å². The maximum Gasteiger partial charge on any atom is 0.269 e.